The van der Waals surface area contributed by atoms with Crippen LogP contribution in [0.5, 0.6) is 5.75 Å². The predicted octanol–water partition coefficient (Wildman–Crippen LogP) is 3.84. The number of hydrogen-bond acceptors (Lipinski definition) is 8. The van der Waals surface area contributed by atoms with Gasteiger partial charge in [0.15, 0.2) is 11.6 Å². The molecule has 4 unspecified atom stereocenters. The molecule has 1 aliphatic carbocycles. The van der Waals surface area contributed by atoms with E-state index in [9.17, 15) is 38.9 Å². The quantitative estimate of drug-likeness (QED) is 0.273. The minimum atomic E-state index is -0.841. The van der Waals surface area contributed by atoms with Crippen molar-refractivity contribution < 1.29 is 52.0 Å². The van der Waals surface area contributed by atoms with Crippen molar-refractivity contribution in [2.75, 3.05) is 19.8 Å². The summed E-state index contributed by atoms with van der Waals surface area (Å²) in [5.41, 5.74) is 2.57. The highest BCUT2D eigenvalue weighted by molar-refractivity contribution is 6.03. The van der Waals surface area contributed by atoms with Gasteiger partial charge in [-0.25, -0.2) is 4.39 Å². The lowest BCUT2D eigenvalue weighted by atomic mass is 9.72. The third-order valence-electron chi connectivity index (χ3n) is 8.56. The smallest absolute Gasteiger partial charge is 0.167 e. The largest absolute Gasteiger partial charge is 0.507 e. The van der Waals surface area contributed by atoms with E-state index in [0.717, 1.165) is 6.42 Å². The average Bonchev–Trinajstić information content (AvgIpc) is 3.48. The first-order chi connectivity index (χ1) is 20.1. The number of hydrogen-bond donors (Lipinski definition) is 3. The highest BCUT2D eigenvalue weighted by Gasteiger charge is 2.36. The third kappa shape index (κ3) is 8.20. The zero-order valence-corrected chi connectivity index (χ0v) is 24.4. The molecule has 9 nitrogen and oxygen atoms in total. The van der Waals surface area contributed by atoms with Crippen molar-refractivity contribution in [2.24, 2.45) is 17.8 Å². The van der Waals surface area contributed by atoms with Gasteiger partial charge >= 0.3 is 0 Å². The Morgan fingerprint density at radius 3 is 2.47 bits per heavy atom. The summed E-state index contributed by atoms with van der Waals surface area (Å²) in [6, 6.07) is 7.61. The van der Waals surface area contributed by atoms with E-state index in [1.165, 1.54) is 19.1 Å². The van der Waals surface area contributed by atoms with Crippen LogP contribution in [0.15, 0.2) is 30.3 Å². The zero-order chi connectivity index (χ0) is 30.4. The molecule has 0 amide bonds. The van der Waals surface area contributed by atoms with E-state index >= 15 is 0 Å². The molecule has 238 valence electrons. The molecule has 0 radical (unpaired) electrons. The van der Waals surface area contributed by atoms with E-state index in [0.29, 0.717) is 48.1 Å². The molecule has 2 aromatic carbocycles. The van der Waals surface area contributed by atoms with Gasteiger partial charge in [-0.1, -0.05) is 12.1 Å². The summed E-state index contributed by atoms with van der Waals surface area (Å²) < 4.78 is 19.3. The number of benzene rings is 2. The molecule has 2 aliphatic rings. The minimum Gasteiger partial charge on any atom is -0.507 e. The van der Waals surface area contributed by atoms with Crippen molar-refractivity contribution in [3.8, 4) is 16.9 Å². The van der Waals surface area contributed by atoms with Crippen molar-refractivity contribution >= 4 is 23.1 Å². The Hall–Kier alpha value is -3.31. The van der Waals surface area contributed by atoms with Gasteiger partial charge in [0.2, 0.25) is 0 Å². The van der Waals surface area contributed by atoms with Crippen LogP contribution < -0.4 is 0 Å². The first-order valence-electron chi connectivity index (χ1n) is 14.7. The SMILES string of the molecule is CC(=O)CC(=O)C(CO)C(CCO)CC1CC(=O)c2c(O)c(CCC(=O)C3CCCO3)cc(-c3ccc(F)cc3)c2C1.O.[HH].[HH]. The number of fused-ring (bicyclic) bond motifs is 1. The maximum Gasteiger partial charge on any atom is 0.167 e. The number of ketones is 4. The number of aryl methyl sites for hydroxylation is 1. The lowest BCUT2D eigenvalue weighted by molar-refractivity contribution is -0.131. The molecule has 4 atom stereocenters. The highest BCUT2D eigenvalue weighted by atomic mass is 19.1. The molecule has 4 rings (SSSR count). The monoisotopic (exact) mass is 604 g/mol. The number of phenolic OH excluding ortho intramolecular Hbond substituents is 1. The second-order valence-corrected chi connectivity index (χ2v) is 11.6. The Morgan fingerprint density at radius 2 is 1.86 bits per heavy atom. The molecule has 2 aromatic rings. The number of carbonyl (C=O) groups is 4. The summed E-state index contributed by atoms with van der Waals surface area (Å²) in [4.78, 5) is 50.5. The number of carbonyl (C=O) groups excluding carboxylic acids is 4. The van der Waals surface area contributed by atoms with Crippen LogP contribution in [0, 0.1) is 23.6 Å². The normalized spacial score (nSPS) is 19.3. The molecule has 0 saturated carbocycles. The van der Waals surface area contributed by atoms with E-state index in [1.54, 1.807) is 18.2 Å². The fourth-order valence-corrected chi connectivity index (χ4v) is 6.47. The van der Waals surface area contributed by atoms with Gasteiger partial charge < -0.3 is 25.5 Å². The van der Waals surface area contributed by atoms with Crippen LogP contribution in [-0.2, 0) is 32.0 Å². The maximum absolute atomic E-state index is 13.8. The second kappa shape index (κ2) is 15.4. The Kier molecular flexibility index (Phi) is 12.3. The van der Waals surface area contributed by atoms with Gasteiger partial charge in [-0.3, -0.25) is 19.2 Å². The number of rotatable bonds is 14. The van der Waals surface area contributed by atoms with Crippen molar-refractivity contribution in [2.45, 2.75) is 70.8 Å². The average molecular weight is 605 g/mol. The number of Topliss-reactive ketones (excluding diaryl/α,β-unsaturated/α-hetero) is 4. The molecule has 10 heteroatoms. The van der Waals surface area contributed by atoms with Crippen LogP contribution in [0.3, 0.4) is 0 Å². The molecule has 5 N–H and O–H groups in total. The molecule has 43 heavy (non-hydrogen) atoms. The van der Waals surface area contributed by atoms with Crippen LogP contribution >= 0.6 is 0 Å². The van der Waals surface area contributed by atoms with Gasteiger partial charge in [-0.05, 0) is 97.7 Å². The molecular formula is C33H45FO9. The van der Waals surface area contributed by atoms with Crippen molar-refractivity contribution in [1.82, 2.24) is 0 Å². The van der Waals surface area contributed by atoms with Crippen molar-refractivity contribution in [3.05, 3.63) is 52.8 Å². The number of aliphatic hydroxyl groups excluding tert-OH is 2. The van der Waals surface area contributed by atoms with Crippen LogP contribution in [0.1, 0.15) is 76.2 Å². The number of halogens is 1. The lowest BCUT2D eigenvalue weighted by Crippen LogP contribution is -2.32. The Balaban J connectivity index is 0.00000337. The van der Waals surface area contributed by atoms with Crippen LogP contribution in [-0.4, -0.2) is 69.9 Å². The summed E-state index contributed by atoms with van der Waals surface area (Å²) in [5.74, 6) is -3.15. The predicted molar refractivity (Wildman–Crippen MR) is 160 cm³/mol. The molecule has 0 bridgehead atoms. The van der Waals surface area contributed by atoms with E-state index in [4.69, 9.17) is 4.74 Å². The van der Waals surface area contributed by atoms with Gasteiger partial charge in [0.25, 0.3) is 0 Å². The number of aromatic hydroxyl groups is 1. The second-order valence-electron chi connectivity index (χ2n) is 11.6. The number of ether oxygens (including phenoxy) is 1. The minimum absolute atomic E-state index is 0. The summed E-state index contributed by atoms with van der Waals surface area (Å²) in [6.07, 6.45) is 2.15. The van der Waals surface area contributed by atoms with Gasteiger partial charge in [-0.2, -0.15) is 0 Å². The molecular weight excluding hydrogens is 559 g/mol. The molecule has 0 spiro atoms. The van der Waals surface area contributed by atoms with E-state index in [1.807, 2.05) is 0 Å². The molecule has 1 aliphatic heterocycles. The summed E-state index contributed by atoms with van der Waals surface area (Å²) in [6.45, 7) is 1.17. The van der Waals surface area contributed by atoms with Crippen LogP contribution in [0.25, 0.3) is 11.1 Å². The first-order valence-corrected chi connectivity index (χ1v) is 14.7. The van der Waals surface area contributed by atoms with Gasteiger partial charge in [0.1, 0.15) is 29.2 Å². The fraction of sp³-hybridized carbons (Fsp3) is 0.515. The Bertz CT molecular complexity index is 1330. The maximum atomic E-state index is 13.8. The molecule has 1 heterocycles. The van der Waals surface area contributed by atoms with E-state index in [-0.39, 0.29) is 81.6 Å². The summed E-state index contributed by atoms with van der Waals surface area (Å²) in [5, 5.41) is 31.0. The number of aliphatic hydroxyl groups is 2. The highest BCUT2D eigenvalue weighted by Crippen LogP contribution is 2.43. The molecule has 1 fully saturated rings. The van der Waals surface area contributed by atoms with Crippen molar-refractivity contribution in [1.29, 1.82) is 0 Å². The van der Waals surface area contributed by atoms with E-state index < -0.39 is 36.1 Å². The van der Waals surface area contributed by atoms with Gasteiger partial charge in [0.05, 0.1) is 18.6 Å². The van der Waals surface area contributed by atoms with Crippen LogP contribution in [0.4, 0.5) is 4.39 Å². The fourth-order valence-electron chi connectivity index (χ4n) is 6.47. The zero-order valence-electron chi connectivity index (χ0n) is 24.4. The summed E-state index contributed by atoms with van der Waals surface area (Å²) >= 11 is 0. The van der Waals surface area contributed by atoms with Gasteiger partial charge in [-0.15, -0.1) is 0 Å². The first kappa shape index (κ1) is 34.2. The topological polar surface area (TPSA) is 170 Å². The Morgan fingerprint density at radius 1 is 1.14 bits per heavy atom. The third-order valence-corrected chi connectivity index (χ3v) is 8.56. The standard InChI is InChI=1S/C33H39FO8.H2O.2H2/c1-19(37)13-29(39)27(18-36)22(10-11-35)14-20-15-26-25(21-4-7-24(34)8-5-21)17-23(33(41)32(26)30(40)16-20)6-9-28(38)31-3-2-12-42-31;;;/h4-5,7-8,17,20,22,27,31,35-36,41H,2-3,6,9-16,18H2,1H3;1H2;2*1H. The molecule has 0 aromatic heterocycles. The Labute approximate surface area is 253 Å². The summed E-state index contributed by atoms with van der Waals surface area (Å²) in [7, 11) is 0. The van der Waals surface area contributed by atoms with Crippen molar-refractivity contribution in [3.63, 3.8) is 0 Å². The number of phenols is 1. The van der Waals surface area contributed by atoms with E-state index in [2.05, 4.69) is 0 Å². The lowest BCUT2D eigenvalue weighted by Gasteiger charge is -2.32. The molecule has 1 saturated heterocycles. The van der Waals surface area contributed by atoms with Gasteiger partial charge in [0, 0.05) is 34.8 Å². The van der Waals surface area contributed by atoms with Crippen LogP contribution in [0.2, 0.25) is 0 Å².